The Labute approximate surface area is 81.3 Å². The molecule has 0 spiro atoms. The normalized spacial score (nSPS) is 25.5. The van der Waals surface area contributed by atoms with Gasteiger partial charge in [0.1, 0.15) is 0 Å². The first-order valence-corrected chi connectivity index (χ1v) is 4.85. The molecule has 1 heterocycles. The molecule has 0 radical (unpaired) electrons. The molecule has 13 heavy (non-hydrogen) atoms. The Morgan fingerprint density at radius 3 is 2.38 bits per heavy atom. The zero-order valence-corrected chi connectivity index (χ0v) is 9.29. The van der Waals surface area contributed by atoms with Crippen LogP contribution in [0.3, 0.4) is 0 Å². The average Bonchev–Trinajstić information content (AvgIpc) is 2.13. The van der Waals surface area contributed by atoms with Gasteiger partial charge in [0.2, 0.25) is 0 Å². The maximum atomic E-state index is 8.71. The molecule has 1 rings (SSSR count). The monoisotopic (exact) mass is 184 g/mol. The van der Waals surface area contributed by atoms with Crippen molar-refractivity contribution in [3.8, 4) is 6.19 Å². The quantitative estimate of drug-likeness (QED) is 0.540. The van der Waals surface area contributed by atoms with Crippen LogP contribution in [0.25, 0.3) is 0 Å². The van der Waals surface area contributed by atoms with E-state index in [9.17, 15) is 0 Å². The summed E-state index contributed by atoms with van der Waals surface area (Å²) in [6.07, 6.45) is 2.16. The number of nitriles is 1. The summed E-state index contributed by atoms with van der Waals surface area (Å²) >= 11 is 0. The molecule has 1 unspecified atom stereocenters. The van der Waals surface area contributed by atoms with E-state index in [1.165, 1.54) is 0 Å². The van der Waals surface area contributed by atoms with E-state index in [1.54, 1.807) is 4.90 Å². The summed E-state index contributed by atoms with van der Waals surface area (Å²) in [6, 6.07) is 0.230. The third-order valence-electron chi connectivity index (χ3n) is 1.93. The predicted octanol–water partition coefficient (Wildman–Crippen LogP) is 1.99. The van der Waals surface area contributed by atoms with Crippen molar-refractivity contribution < 1.29 is 4.74 Å². The van der Waals surface area contributed by atoms with Gasteiger partial charge < -0.3 is 9.64 Å². The summed E-state index contributed by atoms with van der Waals surface area (Å²) in [4.78, 5) is 1.77. The fraction of sp³-hybridized carbons (Fsp3) is 0.900. The molecule has 0 aliphatic carbocycles. The molecule has 0 bridgehead atoms. The van der Waals surface area contributed by atoms with Crippen molar-refractivity contribution in [1.82, 2.24) is 4.90 Å². The maximum absolute atomic E-state index is 8.71. The lowest BCUT2D eigenvalue weighted by Gasteiger charge is -2.39. The highest BCUT2D eigenvalue weighted by Gasteiger charge is 2.30. The van der Waals surface area contributed by atoms with E-state index in [0.717, 1.165) is 0 Å². The molecule has 1 atom stereocenters. The molecular formula is C10H20N2O. The second-order valence-electron chi connectivity index (χ2n) is 3.65. The second kappa shape index (κ2) is 5.08. The molecule has 0 aromatic carbocycles. The van der Waals surface area contributed by atoms with Gasteiger partial charge in [-0.25, -0.2) is 0 Å². The Morgan fingerprint density at radius 2 is 2.00 bits per heavy atom. The van der Waals surface area contributed by atoms with Crippen LogP contribution in [0.1, 0.15) is 34.6 Å². The van der Waals surface area contributed by atoms with E-state index in [4.69, 9.17) is 10.00 Å². The first kappa shape index (κ1) is 12.2. The lowest BCUT2D eigenvalue weighted by molar-refractivity contribution is -0.0932. The smallest absolute Gasteiger partial charge is 0.179 e. The summed E-state index contributed by atoms with van der Waals surface area (Å²) in [7, 11) is 0. The van der Waals surface area contributed by atoms with Gasteiger partial charge in [0.15, 0.2) is 6.19 Å². The maximum Gasteiger partial charge on any atom is 0.179 e. The fourth-order valence-electron chi connectivity index (χ4n) is 1.18. The average molecular weight is 184 g/mol. The number of nitrogens with zero attached hydrogens (tertiary/aromatic N) is 2. The van der Waals surface area contributed by atoms with Crippen molar-refractivity contribution in [1.29, 1.82) is 5.26 Å². The standard InChI is InChI=1S/C8H14N2O.C2H6/c1-7-4-11-8(2,3)5-10(7)6-9;1-2/h7H,4-5H2,1-3H3;1-2H3. The molecule has 0 saturated carbocycles. The molecule has 1 aliphatic rings. The van der Waals surface area contributed by atoms with Gasteiger partial charge in [0.05, 0.1) is 24.8 Å². The van der Waals surface area contributed by atoms with E-state index in [1.807, 2.05) is 34.6 Å². The summed E-state index contributed by atoms with van der Waals surface area (Å²) < 4.78 is 5.52. The van der Waals surface area contributed by atoms with Crippen LogP contribution < -0.4 is 0 Å². The van der Waals surface area contributed by atoms with E-state index in [0.29, 0.717) is 13.2 Å². The molecule has 3 heteroatoms. The summed E-state index contributed by atoms with van der Waals surface area (Å²) in [6.45, 7) is 11.4. The highest BCUT2D eigenvalue weighted by atomic mass is 16.5. The molecule has 1 fully saturated rings. The molecule has 1 aliphatic heterocycles. The number of ether oxygens (including phenoxy) is 1. The Kier molecular flexibility index (Phi) is 4.79. The minimum absolute atomic E-state index is 0.164. The summed E-state index contributed by atoms with van der Waals surface area (Å²) in [5, 5.41) is 8.71. The van der Waals surface area contributed by atoms with Gasteiger partial charge in [0, 0.05) is 0 Å². The van der Waals surface area contributed by atoms with Gasteiger partial charge in [-0.1, -0.05) is 13.8 Å². The largest absolute Gasteiger partial charge is 0.372 e. The third-order valence-corrected chi connectivity index (χ3v) is 1.93. The van der Waals surface area contributed by atoms with Gasteiger partial charge in [-0.15, -0.1) is 0 Å². The van der Waals surface area contributed by atoms with E-state index >= 15 is 0 Å². The van der Waals surface area contributed by atoms with Crippen LogP contribution in [-0.2, 0) is 4.74 Å². The molecule has 3 nitrogen and oxygen atoms in total. The molecule has 76 valence electrons. The van der Waals surface area contributed by atoms with Crippen LogP contribution in [0.15, 0.2) is 0 Å². The molecule has 1 saturated heterocycles. The predicted molar refractivity (Wildman–Crippen MR) is 53.2 cm³/mol. The number of morpholine rings is 1. The van der Waals surface area contributed by atoms with Crippen LogP contribution in [-0.4, -0.2) is 29.7 Å². The number of hydrogen-bond donors (Lipinski definition) is 0. The van der Waals surface area contributed by atoms with Crippen molar-refractivity contribution >= 4 is 0 Å². The van der Waals surface area contributed by atoms with E-state index in [-0.39, 0.29) is 11.6 Å². The molecular weight excluding hydrogens is 164 g/mol. The number of rotatable bonds is 0. The van der Waals surface area contributed by atoms with Crippen molar-refractivity contribution in [2.24, 2.45) is 0 Å². The minimum atomic E-state index is -0.164. The lowest BCUT2D eigenvalue weighted by Crippen LogP contribution is -2.50. The van der Waals surface area contributed by atoms with Crippen LogP contribution in [0.5, 0.6) is 0 Å². The highest BCUT2D eigenvalue weighted by Crippen LogP contribution is 2.19. The van der Waals surface area contributed by atoms with Crippen LogP contribution in [0.4, 0.5) is 0 Å². The fourth-order valence-corrected chi connectivity index (χ4v) is 1.18. The minimum Gasteiger partial charge on any atom is -0.372 e. The second-order valence-corrected chi connectivity index (χ2v) is 3.65. The zero-order valence-electron chi connectivity index (χ0n) is 9.29. The first-order chi connectivity index (χ1) is 6.05. The van der Waals surface area contributed by atoms with Gasteiger partial charge >= 0.3 is 0 Å². The molecule has 0 N–H and O–H groups in total. The van der Waals surface area contributed by atoms with Crippen LogP contribution in [0, 0.1) is 11.5 Å². The highest BCUT2D eigenvalue weighted by molar-refractivity contribution is 4.90. The van der Waals surface area contributed by atoms with E-state index < -0.39 is 0 Å². The van der Waals surface area contributed by atoms with Crippen molar-refractivity contribution in [3.05, 3.63) is 0 Å². The first-order valence-electron chi connectivity index (χ1n) is 4.85. The topological polar surface area (TPSA) is 36.3 Å². The van der Waals surface area contributed by atoms with Crippen molar-refractivity contribution in [3.63, 3.8) is 0 Å². The van der Waals surface area contributed by atoms with Gasteiger partial charge in [-0.3, -0.25) is 0 Å². The number of hydrogen-bond acceptors (Lipinski definition) is 3. The molecule has 0 aromatic heterocycles. The summed E-state index contributed by atoms with van der Waals surface area (Å²) in [5.41, 5.74) is -0.164. The van der Waals surface area contributed by atoms with Crippen molar-refractivity contribution in [2.45, 2.75) is 46.3 Å². The third kappa shape index (κ3) is 3.65. The van der Waals surface area contributed by atoms with Gasteiger partial charge in [0.25, 0.3) is 0 Å². The Hall–Kier alpha value is -0.750. The molecule has 0 aromatic rings. The molecule has 0 amide bonds. The van der Waals surface area contributed by atoms with Gasteiger partial charge in [-0.2, -0.15) is 5.26 Å². The van der Waals surface area contributed by atoms with Crippen molar-refractivity contribution in [2.75, 3.05) is 13.2 Å². The van der Waals surface area contributed by atoms with Crippen LogP contribution >= 0.6 is 0 Å². The van der Waals surface area contributed by atoms with Crippen LogP contribution in [0.2, 0.25) is 0 Å². The Balaban J connectivity index is 0.000000671. The summed E-state index contributed by atoms with van der Waals surface area (Å²) in [5.74, 6) is 0. The Morgan fingerprint density at radius 1 is 1.46 bits per heavy atom. The van der Waals surface area contributed by atoms with E-state index in [2.05, 4.69) is 6.19 Å². The zero-order chi connectivity index (χ0) is 10.5. The Bertz CT molecular complexity index is 184. The SMILES string of the molecule is CC.CC1COC(C)(C)CN1C#N. The lowest BCUT2D eigenvalue weighted by atomic mass is 10.1. The van der Waals surface area contributed by atoms with Gasteiger partial charge in [-0.05, 0) is 20.8 Å².